The summed E-state index contributed by atoms with van der Waals surface area (Å²) in [5.74, 6) is -1.76. The van der Waals surface area contributed by atoms with Crippen molar-refractivity contribution in [2.24, 2.45) is 11.5 Å². The average molecular weight is 219 g/mol. The minimum atomic E-state index is -1.28. The van der Waals surface area contributed by atoms with Crippen LogP contribution in [0.2, 0.25) is 0 Å². The minimum Gasteiger partial charge on any atom is -0.480 e. The number of hydrogen-bond acceptors (Lipinski definition) is 5. The molecule has 0 spiro atoms. The highest BCUT2D eigenvalue weighted by atomic mass is 16.6. The average Bonchev–Trinajstić information content (AvgIpc) is 2.10. The third kappa shape index (κ3) is 5.41. The number of carboxylic acids is 1. The van der Waals surface area contributed by atoms with Gasteiger partial charge in [-0.15, -0.1) is 0 Å². The molecule has 9 heteroatoms. The second kappa shape index (κ2) is 5.75. The van der Waals surface area contributed by atoms with E-state index in [-0.39, 0.29) is 12.8 Å². The van der Waals surface area contributed by atoms with Gasteiger partial charge in [-0.2, -0.15) is 0 Å². The quantitative estimate of drug-likeness (QED) is 0.116. The van der Waals surface area contributed by atoms with Crippen molar-refractivity contribution in [1.82, 2.24) is 5.32 Å². The fourth-order valence-electron chi connectivity index (χ4n) is 0.871. The van der Waals surface area contributed by atoms with Gasteiger partial charge in [-0.1, -0.05) is 0 Å². The maximum atomic E-state index is 10.4. The van der Waals surface area contributed by atoms with Gasteiger partial charge in [0.25, 0.3) is 6.17 Å². The lowest BCUT2D eigenvalue weighted by Crippen LogP contribution is -2.45. The molecule has 86 valence electrons. The number of carboxylic acid groups (broad SMARTS) is 1. The second-order valence-electron chi connectivity index (χ2n) is 2.88. The van der Waals surface area contributed by atoms with Crippen LogP contribution in [0.25, 0.3) is 0 Å². The summed E-state index contributed by atoms with van der Waals surface area (Å²) < 4.78 is 0. The maximum Gasteiger partial charge on any atom is 0.320 e. The number of aliphatic carboxylic acids is 1. The Morgan fingerprint density at radius 2 is 2.13 bits per heavy atom. The largest absolute Gasteiger partial charge is 0.480 e. The van der Waals surface area contributed by atoms with E-state index < -0.39 is 29.1 Å². The number of nitrogens with zero attached hydrogens (tertiary/aromatic N) is 1. The molecule has 0 aromatic carbocycles. The molecule has 0 saturated heterocycles. The molecule has 15 heavy (non-hydrogen) atoms. The smallest absolute Gasteiger partial charge is 0.320 e. The van der Waals surface area contributed by atoms with Gasteiger partial charge in [-0.25, -0.2) is 0 Å². The van der Waals surface area contributed by atoms with Crippen LogP contribution in [0.1, 0.15) is 12.8 Å². The molecule has 0 rings (SSSR count). The monoisotopic (exact) mass is 219 g/mol. The van der Waals surface area contributed by atoms with Crippen LogP contribution in [-0.4, -0.2) is 34.2 Å². The molecule has 0 aromatic rings. The molecule has 7 N–H and O–H groups in total. The first kappa shape index (κ1) is 13.1. The van der Waals surface area contributed by atoms with Gasteiger partial charge in [0.1, 0.15) is 6.04 Å². The Morgan fingerprint density at radius 3 is 2.47 bits per heavy atom. The third-order valence-electron chi connectivity index (χ3n) is 1.64. The van der Waals surface area contributed by atoms with Crippen molar-refractivity contribution in [3.8, 4) is 0 Å². The maximum absolute atomic E-state index is 10.4. The predicted molar refractivity (Wildman–Crippen MR) is 50.7 cm³/mol. The van der Waals surface area contributed by atoms with Crippen molar-refractivity contribution in [3.05, 3.63) is 10.1 Å². The number of nitrogens with one attached hydrogen (secondary N) is 2. The number of rotatable bonds is 6. The van der Waals surface area contributed by atoms with Crippen LogP contribution in [-0.2, 0) is 4.79 Å². The molecule has 0 radical (unpaired) electrons. The fourth-order valence-corrected chi connectivity index (χ4v) is 0.871. The summed E-state index contributed by atoms with van der Waals surface area (Å²) in [5, 5.41) is 27.7. The van der Waals surface area contributed by atoms with E-state index in [4.69, 9.17) is 22.0 Å². The standard InChI is InChI=1S/C6H13N5O4/c7-3(5(12)13)1-2-4(11(14)15)10-6(8)9/h3-4H,1-2,7H2,(H,12,13)(H4,8,9,10). The lowest BCUT2D eigenvalue weighted by molar-refractivity contribution is -0.527. The molecule has 9 nitrogen and oxygen atoms in total. The zero-order valence-corrected chi connectivity index (χ0v) is 7.84. The van der Waals surface area contributed by atoms with E-state index in [1.807, 2.05) is 0 Å². The molecule has 0 amide bonds. The van der Waals surface area contributed by atoms with E-state index in [0.29, 0.717) is 0 Å². The zero-order chi connectivity index (χ0) is 12.0. The molecule has 0 bridgehead atoms. The van der Waals surface area contributed by atoms with E-state index >= 15 is 0 Å². The first-order valence-electron chi connectivity index (χ1n) is 4.07. The van der Waals surface area contributed by atoms with Crippen molar-refractivity contribution >= 4 is 11.9 Å². The van der Waals surface area contributed by atoms with Crippen LogP contribution >= 0.6 is 0 Å². The van der Waals surface area contributed by atoms with E-state index in [9.17, 15) is 14.9 Å². The van der Waals surface area contributed by atoms with Crippen LogP contribution < -0.4 is 16.8 Å². The Morgan fingerprint density at radius 1 is 1.60 bits per heavy atom. The molecule has 0 aliphatic heterocycles. The van der Waals surface area contributed by atoms with Crippen LogP contribution in [0.5, 0.6) is 0 Å². The Labute approximate surface area is 85.1 Å². The van der Waals surface area contributed by atoms with Gasteiger partial charge in [-0.05, 0) is 6.42 Å². The Hall–Kier alpha value is -1.90. The topological polar surface area (TPSA) is 168 Å². The molecule has 0 aliphatic carbocycles. The van der Waals surface area contributed by atoms with E-state index in [1.165, 1.54) is 0 Å². The van der Waals surface area contributed by atoms with Crippen molar-refractivity contribution in [2.75, 3.05) is 0 Å². The van der Waals surface area contributed by atoms with E-state index in [1.54, 1.807) is 0 Å². The lowest BCUT2D eigenvalue weighted by Gasteiger charge is -2.12. The van der Waals surface area contributed by atoms with E-state index in [0.717, 1.165) is 0 Å². The van der Waals surface area contributed by atoms with Crippen LogP contribution in [0, 0.1) is 15.5 Å². The number of carbonyl (C=O) groups is 1. The molecular weight excluding hydrogens is 206 g/mol. The van der Waals surface area contributed by atoms with Crippen molar-refractivity contribution in [3.63, 3.8) is 0 Å². The summed E-state index contributed by atoms with van der Waals surface area (Å²) in [4.78, 5) is 20.1. The summed E-state index contributed by atoms with van der Waals surface area (Å²) in [7, 11) is 0. The molecule has 0 aliphatic rings. The summed E-state index contributed by atoms with van der Waals surface area (Å²) >= 11 is 0. The lowest BCUT2D eigenvalue weighted by atomic mass is 10.1. The van der Waals surface area contributed by atoms with Crippen molar-refractivity contribution in [2.45, 2.75) is 25.0 Å². The first-order chi connectivity index (χ1) is 6.84. The van der Waals surface area contributed by atoms with Gasteiger partial charge >= 0.3 is 5.97 Å². The highest BCUT2D eigenvalue weighted by Crippen LogP contribution is 2.01. The first-order valence-corrected chi connectivity index (χ1v) is 4.07. The second-order valence-corrected chi connectivity index (χ2v) is 2.88. The molecule has 0 heterocycles. The Kier molecular flexibility index (Phi) is 5.02. The van der Waals surface area contributed by atoms with Crippen LogP contribution in [0.3, 0.4) is 0 Å². The summed E-state index contributed by atoms with van der Waals surface area (Å²) in [6.07, 6.45) is -1.46. The predicted octanol–water partition coefficient (Wildman–Crippen LogP) is -1.74. The van der Waals surface area contributed by atoms with Gasteiger partial charge < -0.3 is 16.6 Å². The van der Waals surface area contributed by atoms with Crippen LogP contribution in [0.15, 0.2) is 0 Å². The molecule has 2 unspecified atom stereocenters. The third-order valence-corrected chi connectivity index (χ3v) is 1.64. The highest BCUT2D eigenvalue weighted by Gasteiger charge is 2.23. The summed E-state index contributed by atoms with van der Waals surface area (Å²) in [6.45, 7) is 0. The van der Waals surface area contributed by atoms with Crippen molar-refractivity contribution in [1.29, 1.82) is 5.41 Å². The van der Waals surface area contributed by atoms with Gasteiger partial charge in [0, 0.05) is 11.3 Å². The highest BCUT2D eigenvalue weighted by molar-refractivity contribution is 5.74. The molecule has 0 aromatic heterocycles. The number of guanidine groups is 1. The normalized spacial score (nSPS) is 13.9. The van der Waals surface area contributed by atoms with Gasteiger partial charge in [0.15, 0.2) is 5.96 Å². The fraction of sp³-hybridized carbons (Fsp3) is 0.667. The van der Waals surface area contributed by atoms with E-state index in [2.05, 4.69) is 5.32 Å². The number of hydrogen-bond donors (Lipinski definition) is 5. The van der Waals surface area contributed by atoms with Gasteiger partial charge in [-0.3, -0.25) is 25.6 Å². The zero-order valence-electron chi connectivity index (χ0n) is 7.84. The summed E-state index contributed by atoms with van der Waals surface area (Å²) in [5.41, 5.74) is 10.1. The van der Waals surface area contributed by atoms with Gasteiger partial charge in [0.05, 0.1) is 0 Å². The Bertz CT molecular complexity index is 268. The molecule has 2 atom stereocenters. The Balaban J connectivity index is 4.13. The molecular formula is C6H13N5O4. The minimum absolute atomic E-state index is 0.0682. The molecule has 0 saturated carbocycles. The van der Waals surface area contributed by atoms with Crippen LogP contribution in [0.4, 0.5) is 0 Å². The van der Waals surface area contributed by atoms with Crippen molar-refractivity contribution < 1.29 is 14.8 Å². The number of nitrogens with two attached hydrogens (primary N) is 2. The van der Waals surface area contributed by atoms with Gasteiger partial charge in [0.2, 0.25) is 0 Å². The number of nitro groups is 1. The summed E-state index contributed by atoms with van der Waals surface area (Å²) in [6, 6.07) is -1.15. The molecule has 0 fully saturated rings. The SMILES string of the molecule is N=C(N)NC(CCC(N)C(=O)O)[N+](=O)[O-].